The summed E-state index contributed by atoms with van der Waals surface area (Å²) >= 11 is 0. The van der Waals surface area contributed by atoms with Gasteiger partial charge in [0.2, 0.25) is 0 Å². The van der Waals surface area contributed by atoms with E-state index in [0.29, 0.717) is 29.7 Å². The molecule has 0 aromatic heterocycles. The van der Waals surface area contributed by atoms with Gasteiger partial charge >= 0.3 is 12.1 Å². The van der Waals surface area contributed by atoms with E-state index in [-0.39, 0.29) is 49.9 Å². The number of alkyl halides is 3. The van der Waals surface area contributed by atoms with Gasteiger partial charge in [0.1, 0.15) is 24.0 Å². The maximum absolute atomic E-state index is 14.9. The predicted molar refractivity (Wildman–Crippen MR) is 150 cm³/mol. The number of carbonyl (C=O) groups excluding carboxylic acids is 2. The van der Waals surface area contributed by atoms with Gasteiger partial charge in [-0.2, -0.15) is 13.2 Å². The van der Waals surface area contributed by atoms with Crippen molar-refractivity contribution in [3.05, 3.63) is 106 Å². The molecule has 1 fully saturated rings. The topological polar surface area (TPSA) is 64.6 Å². The molecule has 0 unspecified atom stereocenters. The highest BCUT2D eigenvalue weighted by molar-refractivity contribution is 5.82. The van der Waals surface area contributed by atoms with Crippen LogP contribution < -0.4 is 5.32 Å². The lowest BCUT2D eigenvalue weighted by atomic mass is 9.85. The van der Waals surface area contributed by atoms with Crippen molar-refractivity contribution in [2.45, 2.75) is 62.8 Å². The first kappa shape index (κ1) is 34.1. The Morgan fingerprint density at radius 2 is 1.67 bits per heavy atom. The Balaban J connectivity index is 1.34. The number of nitrogens with one attached hydrogen (secondary N) is 1. The molecule has 0 saturated carbocycles. The number of benzene rings is 3. The van der Waals surface area contributed by atoms with E-state index in [9.17, 15) is 40.3 Å². The monoisotopic (exact) mass is 639 g/mol. The van der Waals surface area contributed by atoms with Crippen molar-refractivity contribution in [1.29, 1.82) is 0 Å². The minimum atomic E-state index is -4.45. The lowest BCUT2D eigenvalue weighted by Crippen LogP contribution is -2.49. The molecule has 0 radical (unpaired) electrons. The number of rotatable bonds is 13. The highest BCUT2D eigenvalue weighted by atomic mass is 19.4. The summed E-state index contributed by atoms with van der Waals surface area (Å²) in [4.78, 5) is 24.8. The lowest BCUT2D eigenvalue weighted by molar-refractivity contribution is -0.158. The third-order valence-corrected chi connectivity index (χ3v) is 7.61. The first-order valence-electron chi connectivity index (χ1n) is 14.4. The molecule has 0 bridgehead atoms. The van der Waals surface area contributed by atoms with Crippen LogP contribution in [-0.2, 0) is 31.9 Å². The normalized spacial score (nSPS) is 17.6. The van der Waals surface area contributed by atoms with Crippen molar-refractivity contribution in [3.63, 3.8) is 0 Å². The Morgan fingerprint density at radius 1 is 0.956 bits per heavy atom. The van der Waals surface area contributed by atoms with Gasteiger partial charge in [0.15, 0.2) is 11.6 Å². The molecule has 1 saturated heterocycles. The highest BCUT2D eigenvalue weighted by Crippen LogP contribution is 2.32. The zero-order valence-corrected chi connectivity index (χ0v) is 24.1. The molecule has 1 aliphatic rings. The summed E-state index contributed by atoms with van der Waals surface area (Å²) in [5.41, 5.74) is 1.12. The summed E-state index contributed by atoms with van der Waals surface area (Å²) in [6.07, 6.45) is -6.62. The first-order chi connectivity index (χ1) is 21.4. The van der Waals surface area contributed by atoms with Gasteiger partial charge in [-0.25, -0.2) is 17.6 Å². The van der Waals surface area contributed by atoms with E-state index in [2.05, 4.69) is 5.32 Å². The van der Waals surface area contributed by atoms with Gasteiger partial charge in [0.05, 0.1) is 31.6 Å². The van der Waals surface area contributed by atoms with Crippen molar-refractivity contribution in [2.24, 2.45) is 0 Å². The standard InChI is InChI=1S/C33H32F7NO4/c34-22-9-7-20(8-10-22)28(27-4-2-6-30(36)32(27)37)16-24(42)15-21-3-1-5-29(35)26(21)12-11-25-17-41-23(18-44-25)19-45-31(43)13-14-33(38,39)40/h1-10,23,25,28,41H,11-19H2/t23-,25+,28-/m0/s1. The molecule has 12 heteroatoms. The minimum Gasteiger partial charge on any atom is -0.464 e. The van der Waals surface area contributed by atoms with Crippen LogP contribution in [0.2, 0.25) is 0 Å². The molecule has 1 aliphatic heterocycles. The quantitative estimate of drug-likeness (QED) is 0.166. The highest BCUT2D eigenvalue weighted by Gasteiger charge is 2.29. The van der Waals surface area contributed by atoms with Crippen molar-refractivity contribution in [1.82, 2.24) is 5.32 Å². The second kappa shape index (κ2) is 15.5. The number of carbonyl (C=O) groups is 2. The Labute approximate surface area is 255 Å². The second-order valence-electron chi connectivity index (χ2n) is 10.9. The van der Waals surface area contributed by atoms with Gasteiger partial charge in [0.25, 0.3) is 0 Å². The first-order valence-corrected chi connectivity index (χ1v) is 14.4. The molecular formula is C33H32F7NO4. The summed E-state index contributed by atoms with van der Waals surface area (Å²) in [6, 6.07) is 12.8. The van der Waals surface area contributed by atoms with Gasteiger partial charge in [-0.15, -0.1) is 0 Å². The molecule has 3 aromatic carbocycles. The van der Waals surface area contributed by atoms with Crippen molar-refractivity contribution < 1.29 is 49.8 Å². The SMILES string of the molecule is O=C(Cc1cccc(F)c1CC[C@@H]1CN[C@H](COC(=O)CCC(F)(F)F)CO1)C[C@@H](c1ccc(F)cc1)c1cccc(F)c1F. The lowest BCUT2D eigenvalue weighted by Gasteiger charge is -2.30. The molecule has 3 aromatic rings. The third kappa shape index (κ3) is 10.1. The van der Waals surface area contributed by atoms with Crippen LogP contribution in [0.3, 0.4) is 0 Å². The average Bonchev–Trinajstić information content (AvgIpc) is 3.00. The zero-order valence-electron chi connectivity index (χ0n) is 24.1. The van der Waals surface area contributed by atoms with Crippen LogP contribution in [0.15, 0.2) is 60.7 Å². The van der Waals surface area contributed by atoms with Gasteiger partial charge < -0.3 is 14.8 Å². The summed E-state index contributed by atoms with van der Waals surface area (Å²) in [7, 11) is 0. The van der Waals surface area contributed by atoms with E-state index >= 15 is 0 Å². The number of ketones is 1. The van der Waals surface area contributed by atoms with E-state index < -0.39 is 60.2 Å². The van der Waals surface area contributed by atoms with Gasteiger partial charge in [0, 0.05) is 25.3 Å². The van der Waals surface area contributed by atoms with Crippen LogP contribution in [0.1, 0.15) is 53.9 Å². The van der Waals surface area contributed by atoms with Crippen molar-refractivity contribution >= 4 is 11.8 Å². The molecule has 5 nitrogen and oxygen atoms in total. The van der Waals surface area contributed by atoms with Gasteiger partial charge in [-0.05, 0) is 59.4 Å². The van der Waals surface area contributed by atoms with Crippen LogP contribution in [0, 0.1) is 23.3 Å². The molecule has 0 amide bonds. The Kier molecular flexibility index (Phi) is 11.7. The molecule has 242 valence electrons. The molecule has 45 heavy (non-hydrogen) atoms. The van der Waals surface area contributed by atoms with Gasteiger partial charge in [-0.3, -0.25) is 9.59 Å². The van der Waals surface area contributed by atoms with Crippen LogP contribution in [0.5, 0.6) is 0 Å². The predicted octanol–water partition coefficient (Wildman–Crippen LogP) is 6.75. The van der Waals surface area contributed by atoms with Crippen molar-refractivity contribution in [2.75, 3.05) is 19.8 Å². The second-order valence-corrected chi connectivity index (χ2v) is 10.9. The third-order valence-electron chi connectivity index (χ3n) is 7.61. The van der Waals surface area contributed by atoms with E-state index in [0.717, 1.165) is 6.07 Å². The number of halogens is 7. The molecule has 1 heterocycles. The fourth-order valence-electron chi connectivity index (χ4n) is 5.23. The Hall–Kier alpha value is -3.77. The fourth-order valence-corrected chi connectivity index (χ4v) is 5.23. The molecular weight excluding hydrogens is 607 g/mol. The number of ether oxygens (including phenoxy) is 2. The smallest absolute Gasteiger partial charge is 0.389 e. The number of hydrogen-bond acceptors (Lipinski definition) is 5. The van der Waals surface area contributed by atoms with Crippen LogP contribution in [0.4, 0.5) is 30.7 Å². The van der Waals surface area contributed by atoms with Crippen LogP contribution in [0.25, 0.3) is 0 Å². The van der Waals surface area contributed by atoms with Crippen molar-refractivity contribution in [3.8, 4) is 0 Å². The maximum atomic E-state index is 14.9. The number of Topliss-reactive ketones (excluding diaryl/α,β-unsaturated/α-hetero) is 1. The number of hydrogen-bond donors (Lipinski definition) is 1. The maximum Gasteiger partial charge on any atom is 0.389 e. The van der Waals surface area contributed by atoms with E-state index in [1.807, 2.05) is 0 Å². The van der Waals surface area contributed by atoms with E-state index in [1.54, 1.807) is 6.07 Å². The molecule has 0 aliphatic carbocycles. The zero-order chi connectivity index (χ0) is 32.6. The number of morpholine rings is 1. The Bertz CT molecular complexity index is 1450. The molecule has 3 atom stereocenters. The molecule has 0 spiro atoms. The van der Waals surface area contributed by atoms with Gasteiger partial charge in [-0.1, -0.05) is 36.4 Å². The summed E-state index contributed by atoms with van der Waals surface area (Å²) in [6.45, 7) is 0.300. The van der Waals surface area contributed by atoms with E-state index in [1.165, 1.54) is 48.5 Å². The largest absolute Gasteiger partial charge is 0.464 e. The van der Waals surface area contributed by atoms with Crippen LogP contribution in [-0.4, -0.2) is 49.8 Å². The van der Waals surface area contributed by atoms with E-state index in [4.69, 9.17) is 9.47 Å². The Morgan fingerprint density at radius 3 is 2.36 bits per heavy atom. The average molecular weight is 640 g/mol. The molecule has 4 rings (SSSR count). The summed E-state index contributed by atoms with van der Waals surface area (Å²) in [5, 5.41) is 3.11. The van der Waals surface area contributed by atoms with Crippen LogP contribution >= 0.6 is 0 Å². The molecule has 1 N–H and O–H groups in total. The summed E-state index contributed by atoms with van der Waals surface area (Å²) in [5.74, 6) is -5.43. The fraction of sp³-hybridized carbons (Fsp3) is 0.394. The number of esters is 1. The minimum absolute atomic E-state index is 0.0502. The summed E-state index contributed by atoms with van der Waals surface area (Å²) < 4.78 is 105.